The highest BCUT2D eigenvalue weighted by Gasteiger charge is 2.37. The average molecular weight is 520 g/mol. The molecule has 4 rings (SSSR count). The Kier molecular flexibility index (Phi) is 7.57. The van der Waals surface area contributed by atoms with Crippen LogP contribution in [0.25, 0.3) is 10.1 Å². The zero-order valence-electron chi connectivity index (χ0n) is 19.5. The number of hydrogen-bond acceptors (Lipinski definition) is 6. The lowest BCUT2D eigenvalue weighted by Gasteiger charge is -2.23. The van der Waals surface area contributed by atoms with Crippen molar-refractivity contribution in [3.63, 3.8) is 0 Å². The molecule has 0 amide bonds. The lowest BCUT2D eigenvalue weighted by atomic mass is 10.1. The minimum atomic E-state index is -3.57. The van der Waals surface area contributed by atoms with Gasteiger partial charge in [0.25, 0.3) is 10.0 Å². The SMILES string of the molecule is CCc1cc(SC[C@@H]2CCCN2S(=O)(=O)c2sc3ccc(C)cc3c2C)ccc1OCC(=O)O. The number of hydrogen-bond donors (Lipinski definition) is 1. The van der Waals surface area contributed by atoms with Crippen LogP contribution in [0, 0.1) is 13.8 Å². The van der Waals surface area contributed by atoms with E-state index < -0.39 is 16.0 Å². The number of fused-ring (bicyclic) bond motifs is 1. The number of sulfonamides is 1. The summed E-state index contributed by atoms with van der Waals surface area (Å²) in [6.07, 6.45) is 2.42. The van der Waals surface area contributed by atoms with Gasteiger partial charge in [-0.2, -0.15) is 4.31 Å². The topological polar surface area (TPSA) is 83.9 Å². The quantitative estimate of drug-likeness (QED) is 0.377. The molecule has 3 aromatic rings. The van der Waals surface area contributed by atoms with E-state index in [1.807, 2.05) is 45.0 Å². The fourth-order valence-corrected chi connectivity index (χ4v) is 9.12. The molecule has 1 aromatic heterocycles. The second-order valence-electron chi connectivity index (χ2n) is 8.54. The summed E-state index contributed by atoms with van der Waals surface area (Å²) in [5.41, 5.74) is 2.91. The Morgan fingerprint density at radius 2 is 2.03 bits per heavy atom. The molecule has 34 heavy (non-hydrogen) atoms. The van der Waals surface area contributed by atoms with E-state index in [1.165, 1.54) is 11.3 Å². The van der Waals surface area contributed by atoms with Crippen molar-refractivity contribution in [2.75, 3.05) is 18.9 Å². The predicted octanol–water partition coefficient (Wildman–Crippen LogP) is 5.49. The van der Waals surface area contributed by atoms with Gasteiger partial charge in [-0.15, -0.1) is 23.1 Å². The number of rotatable bonds is 9. The lowest BCUT2D eigenvalue weighted by Crippen LogP contribution is -2.36. The van der Waals surface area contributed by atoms with E-state index in [-0.39, 0.29) is 12.6 Å². The normalized spacial score (nSPS) is 16.9. The van der Waals surface area contributed by atoms with Crippen molar-refractivity contribution in [3.8, 4) is 5.75 Å². The van der Waals surface area contributed by atoms with Crippen LogP contribution < -0.4 is 4.74 Å². The van der Waals surface area contributed by atoms with Crippen LogP contribution in [0.5, 0.6) is 5.75 Å². The maximum atomic E-state index is 13.7. The molecule has 182 valence electrons. The van der Waals surface area contributed by atoms with Gasteiger partial charge in [0.1, 0.15) is 9.96 Å². The zero-order valence-corrected chi connectivity index (χ0v) is 22.0. The standard InChI is InChI=1S/C25H29NO5S3/c1-4-18-13-20(8-9-22(18)31-14-24(27)28)32-15-19-6-5-11-26(19)34(29,30)25-17(3)21-12-16(2)7-10-23(21)33-25/h7-10,12-13,19H,4-6,11,14-15H2,1-3H3,(H,27,28)/t19-/m0/s1. The zero-order chi connectivity index (χ0) is 24.5. The van der Waals surface area contributed by atoms with Crippen molar-refractivity contribution in [2.45, 2.75) is 55.2 Å². The van der Waals surface area contributed by atoms with Gasteiger partial charge >= 0.3 is 5.97 Å². The number of aryl methyl sites for hydroxylation is 3. The van der Waals surface area contributed by atoms with Crippen LogP contribution >= 0.6 is 23.1 Å². The number of carboxylic acids is 1. The number of aliphatic carboxylic acids is 1. The number of thioether (sulfide) groups is 1. The third kappa shape index (κ3) is 5.12. The smallest absolute Gasteiger partial charge is 0.341 e. The highest BCUT2D eigenvalue weighted by molar-refractivity contribution is 7.99. The van der Waals surface area contributed by atoms with Crippen LogP contribution in [0.2, 0.25) is 0 Å². The second kappa shape index (κ2) is 10.3. The maximum absolute atomic E-state index is 13.7. The van der Waals surface area contributed by atoms with Crippen LogP contribution in [-0.4, -0.2) is 48.7 Å². The summed E-state index contributed by atoms with van der Waals surface area (Å²) < 4.78 is 35.9. The molecule has 0 aliphatic carbocycles. The molecule has 1 fully saturated rings. The van der Waals surface area contributed by atoms with Gasteiger partial charge in [0.15, 0.2) is 6.61 Å². The molecule has 1 aliphatic rings. The average Bonchev–Trinajstić information content (AvgIpc) is 3.42. The number of nitrogens with zero attached hydrogens (tertiary/aromatic N) is 1. The fourth-order valence-electron chi connectivity index (χ4n) is 4.35. The minimum absolute atomic E-state index is 0.0608. The second-order valence-corrected chi connectivity index (χ2v) is 12.8. The van der Waals surface area contributed by atoms with E-state index >= 15 is 0 Å². The molecule has 0 radical (unpaired) electrons. The van der Waals surface area contributed by atoms with E-state index in [1.54, 1.807) is 22.1 Å². The van der Waals surface area contributed by atoms with Gasteiger partial charge in [0, 0.05) is 27.9 Å². The van der Waals surface area contributed by atoms with E-state index in [9.17, 15) is 13.2 Å². The monoisotopic (exact) mass is 519 g/mol. The van der Waals surface area contributed by atoms with Crippen molar-refractivity contribution < 1.29 is 23.1 Å². The van der Waals surface area contributed by atoms with E-state index in [0.717, 1.165) is 50.9 Å². The molecule has 0 unspecified atom stereocenters. The fraction of sp³-hybridized carbons (Fsp3) is 0.400. The molecule has 2 aromatic carbocycles. The van der Waals surface area contributed by atoms with Crippen LogP contribution in [0.3, 0.4) is 0 Å². The largest absolute Gasteiger partial charge is 0.482 e. The molecule has 0 bridgehead atoms. The van der Waals surface area contributed by atoms with Crippen molar-refractivity contribution in [1.82, 2.24) is 4.31 Å². The molecule has 9 heteroatoms. The number of ether oxygens (including phenoxy) is 1. The molecule has 1 saturated heterocycles. The summed E-state index contributed by atoms with van der Waals surface area (Å²) in [5.74, 6) is 0.239. The number of carbonyl (C=O) groups is 1. The molecule has 1 N–H and O–H groups in total. The Labute approximate surface area is 209 Å². The van der Waals surface area contributed by atoms with Crippen molar-refractivity contribution in [3.05, 3.63) is 53.1 Å². The van der Waals surface area contributed by atoms with Gasteiger partial charge in [0.2, 0.25) is 0 Å². The molecule has 0 spiro atoms. The van der Waals surface area contributed by atoms with E-state index in [0.29, 0.717) is 22.3 Å². The van der Waals surface area contributed by atoms with Gasteiger partial charge < -0.3 is 9.84 Å². The summed E-state index contributed by atoms with van der Waals surface area (Å²) >= 11 is 3.00. The van der Waals surface area contributed by atoms with Crippen LogP contribution in [0.1, 0.15) is 36.5 Å². The van der Waals surface area contributed by atoms with Gasteiger partial charge in [0.05, 0.1) is 0 Å². The number of thiophene rings is 1. The van der Waals surface area contributed by atoms with Gasteiger partial charge in [-0.1, -0.05) is 24.6 Å². The van der Waals surface area contributed by atoms with E-state index in [2.05, 4.69) is 6.07 Å². The lowest BCUT2D eigenvalue weighted by molar-refractivity contribution is -0.139. The third-order valence-corrected chi connectivity index (χ3v) is 11.1. The van der Waals surface area contributed by atoms with Crippen LogP contribution in [-0.2, 0) is 21.2 Å². The highest BCUT2D eigenvalue weighted by atomic mass is 32.2. The Morgan fingerprint density at radius 3 is 2.76 bits per heavy atom. The van der Waals surface area contributed by atoms with Crippen LogP contribution in [0.15, 0.2) is 45.5 Å². The number of carboxylic acid groups (broad SMARTS) is 1. The molecule has 6 nitrogen and oxygen atoms in total. The Morgan fingerprint density at radius 1 is 1.24 bits per heavy atom. The molecular formula is C25H29NO5S3. The maximum Gasteiger partial charge on any atom is 0.341 e. The first-order valence-corrected chi connectivity index (χ1v) is 14.6. The number of benzene rings is 2. The summed E-state index contributed by atoms with van der Waals surface area (Å²) in [5, 5.41) is 9.88. The van der Waals surface area contributed by atoms with E-state index in [4.69, 9.17) is 9.84 Å². The Hall–Kier alpha value is -2.07. The molecular weight excluding hydrogens is 490 g/mol. The Balaban J connectivity index is 1.51. The predicted molar refractivity (Wildman–Crippen MR) is 138 cm³/mol. The Bertz CT molecular complexity index is 1320. The summed E-state index contributed by atoms with van der Waals surface area (Å²) in [7, 11) is -3.57. The first-order chi connectivity index (χ1) is 16.2. The van der Waals surface area contributed by atoms with Gasteiger partial charge in [-0.25, -0.2) is 13.2 Å². The van der Waals surface area contributed by atoms with Crippen molar-refractivity contribution in [2.24, 2.45) is 0 Å². The highest BCUT2D eigenvalue weighted by Crippen LogP contribution is 2.39. The molecule has 1 atom stereocenters. The van der Waals surface area contributed by atoms with Crippen molar-refractivity contribution in [1.29, 1.82) is 0 Å². The molecule has 1 aliphatic heterocycles. The van der Waals surface area contributed by atoms with Gasteiger partial charge in [-0.05, 0) is 73.9 Å². The first-order valence-electron chi connectivity index (χ1n) is 11.3. The minimum Gasteiger partial charge on any atom is -0.482 e. The van der Waals surface area contributed by atoms with Crippen LogP contribution in [0.4, 0.5) is 0 Å². The third-order valence-electron chi connectivity index (χ3n) is 6.12. The summed E-state index contributed by atoms with van der Waals surface area (Å²) in [6.45, 7) is 6.10. The molecule has 2 heterocycles. The van der Waals surface area contributed by atoms with Crippen molar-refractivity contribution >= 4 is 49.2 Å². The molecule has 0 saturated carbocycles. The van der Waals surface area contributed by atoms with Gasteiger partial charge in [-0.3, -0.25) is 0 Å². The summed E-state index contributed by atoms with van der Waals surface area (Å²) in [4.78, 5) is 11.8. The summed E-state index contributed by atoms with van der Waals surface area (Å²) in [6, 6.07) is 11.7. The first kappa shape index (κ1) is 25.0.